The fourth-order valence-corrected chi connectivity index (χ4v) is 2.13. The zero-order valence-corrected chi connectivity index (χ0v) is 13.0. The molecule has 0 unspecified atom stereocenters. The van der Waals surface area contributed by atoms with Gasteiger partial charge in [0.2, 0.25) is 0 Å². The van der Waals surface area contributed by atoms with Crippen LogP contribution in [0.5, 0.6) is 0 Å². The van der Waals surface area contributed by atoms with Crippen LogP contribution in [0.4, 0.5) is 11.4 Å². The van der Waals surface area contributed by atoms with Gasteiger partial charge in [0.15, 0.2) is 0 Å². The van der Waals surface area contributed by atoms with Gasteiger partial charge in [0, 0.05) is 11.4 Å². The van der Waals surface area contributed by atoms with Gasteiger partial charge in [0.25, 0.3) is 0 Å². The molecule has 4 heteroatoms. The number of rotatable bonds is 2. The molecule has 0 heterocycles. The SMILES string of the molecule is CC(C)(C)c1ccccc1NC(=O)C(=O)Nc1ccccc1. The third kappa shape index (κ3) is 3.95. The number of carbonyl (C=O) groups excluding carboxylic acids is 2. The minimum Gasteiger partial charge on any atom is -0.318 e. The lowest BCUT2D eigenvalue weighted by Gasteiger charge is -2.22. The highest BCUT2D eigenvalue weighted by atomic mass is 16.2. The minimum atomic E-state index is -0.685. The first kappa shape index (κ1) is 15.8. The van der Waals surface area contributed by atoms with E-state index in [9.17, 15) is 9.59 Å². The highest BCUT2D eigenvalue weighted by Gasteiger charge is 2.21. The van der Waals surface area contributed by atoms with E-state index in [1.165, 1.54) is 0 Å². The third-order valence-electron chi connectivity index (χ3n) is 3.22. The molecule has 0 spiro atoms. The van der Waals surface area contributed by atoms with E-state index in [0.29, 0.717) is 11.4 Å². The van der Waals surface area contributed by atoms with Crippen LogP contribution in [0.15, 0.2) is 54.6 Å². The first-order valence-corrected chi connectivity index (χ1v) is 7.15. The highest BCUT2D eigenvalue weighted by Crippen LogP contribution is 2.29. The van der Waals surface area contributed by atoms with Gasteiger partial charge in [0.05, 0.1) is 0 Å². The average molecular weight is 296 g/mol. The number of benzene rings is 2. The largest absolute Gasteiger partial charge is 0.318 e. The molecule has 0 saturated heterocycles. The highest BCUT2D eigenvalue weighted by molar-refractivity contribution is 6.43. The van der Waals surface area contributed by atoms with Gasteiger partial charge in [0.1, 0.15) is 0 Å². The molecule has 0 saturated carbocycles. The van der Waals surface area contributed by atoms with Gasteiger partial charge in [-0.25, -0.2) is 0 Å². The van der Waals surface area contributed by atoms with Crippen LogP contribution >= 0.6 is 0 Å². The first-order chi connectivity index (χ1) is 10.4. The molecule has 0 aliphatic rings. The van der Waals surface area contributed by atoms with Crippen molar-refractivity contribution in [2.45, 2.75) is 26.2 Å². The molecule has 0 atom stereocenters. The molecule has 2 aromatic rings. The molecule has 0 aromatic heterocycles. The number of anilines is 2. The Morgan fingerprint density at radius 2 is 1.32 bits per heavy atom. The summed E-state index contributed by atoms with van der Waals surface area (Å²) in [4.78, 5) is 24.0. The first-order valence-electron chi connectivity index (χ1n) is 7.15. The van der Waals surface area contributed by atoms with E-state index in [1.54, 1.807) is 30.3 Å². The van der Waals surface area contributed by atoms with Crippen molar-refractivity contribution in [3.63, 3.8) is 0 Å². The predicted molar refractivity (Wildman–Crippen MR) is 88.8 cm³/mol. The van der Waals surface area contributed by atoms with E-state index in [-0.39, 0.29) is 5.41 Å². The molecule has 2 rings (SSSR count). The normalized spacial score (nSPS) is 10.9. The maximum Gasteiger partial charge on any atom is 0.314 e. The summed E-state index contributed by atoms with van der Waals surface area (Å²) in [6.07, 6.45) is 0. The summed E-state index contributed by atoms with van der Waals surface area (Å²) >= 11 is 0. The number of nitrogens with one attached hydrogen (secondary N) is 2. The maximum absolute atomic E-state index is 12.1. The number of amides is 2. The Hall–Kier alpha value is -2.62. The minimum absolute atomic E-state index is 0.125. The lowest BCUT2D eigenvalue weighted by atomic mass is 9.86. The Morgan fingerprint density at radius 3 is 1.95 bits per heavy atom. The van der Waals surface area contributed by atoms with Crippen LogP contribution in [-0.2, 0) is 15.0 Å². The molecule has 0 fully saturated rings. The van der Waals surface area contributed by atoms with Gasteiger partial charge < -0.3 is 10.6 Å². The van der Waals surface area contributed by atoms with E-state index in [2.05, 4.69) is 31.4 Å². The second-order valence-corrected chi connectivity index (χ2v) is 6.07. The van der Waals surface area contributed by atoms with Gasteiger partial charge in [-0.05, 0) is 29.2 Å². The number of hydrogen-bond acceptors (Lipinski definition) is 2. The summed E-state index contributed by atoms with van der Waals surface area (Å²) in [6, 6.07) is 16.4. The molecule has 0 aliphatic carbocycles. The van der Waals surface area contributed by atoms with Crippen LogP contribution in [0.2, 0.25) is 0 Å². The number of carbonyl (C=O) groups is 2. The van der Waals surface area contributed by atoms with Crippen molar-refractivity contribution in [1.82, 2.24) is 0 Å². The monoisotopic (exact) mass is 296 g/mol. The molecule has 2 aromatic carbocycles. The summed E-state index contributed by atoms with van der Waals surface area (Å²) in [5.41, 5.74) is 2.10. The Bertz CT molecular complexity index is 673. The molecule has 22 heavy (non-hydrogen) atoms. The van der Waals surface area contributed by atoms with Crippen molar-refractivity contribution >= 4 is 23.2 Å². The summed E-state index contributed by atoms with van der Waals surface area (Å²) in [5, 5.41) is 5.26. The van der Waals surface area contributed by atoms with E-state index < -0.39 is 11.8 Å². The Labute approximate surface area is 130 Å². The molecule has 4 nitrogen and oxygen atoms in total. The van der Waals surface area contributed by atoms with Gasteiger partial charge >= 0.3 is 11.8 Å². The third-order valence-corrected chi connectivity index (χ3v) is 3.22. The van der Waals surface area contributed by atoms with E-state index in [4.69, 9.17) is 0 Å². The molecule has 2 N–H and O–H groups in total. The topological polar surface area (TPSA) is 58.2 Å². The van der Waals surface area contributed by atoms with Crippen LogP contribution in [0.1, 0.15) is 26.3 Å². The van der Waals surface area contributed by atoms with Crippen molar-refractivity contribution in [1.29, 1.82) is 0 Å². The summed E-state index contributed by atoms with van der Waals surface area (Å²) < 4.78 is 0. The standard InChI is InChI=1S/C18H20N2O2/c1-18(2,3)14-11-7-8-12-15(14)20-17(22)16(21)19-13-9-5-4-6-10-13/h4-12H,1-3H3,(H,19,21)(H,20,22). The molecular weight excluding hydrogens is 276 g/mol. The van der Waals surface area contributed by atoms with Crippen LogP contribution < -0.4 is 10.6 Å². The molecule has 114 valence electrons. The molecule has 0 bridgehead atoms. The van der Waals surface area contributed by atoms with Gasteiger partial charge in [-0.1, -0.05) is 57.2 Å². The van der Waals surface area contributed by atoms with Crippen LogP contribution in [0.25, 0.3) is 0 Å². The van der Waals surface area contributed by atoms with Gasteiger partial charge in [-0.2, -0.15) is 0 Å². The smallest absolute Gasteiger partial charge is 0.314 e. The van der Waals surface area contributed by atoms with E-state index >= 15 is 0 Å². The average Bonchev–Trinajstić information content (AvgIpc) is 2.47. The molecule has 0 aliphatic heterocycles. The molecule has 0 radical (unpaired) electrons. The van der Waals surface area contributed by atoms with Crippen molar-refractivity contribution in [2.75, 3.05) is 10.6 Å². The van der Waals surface area contributed by atoms with Crippen molar-refractivity contribution in [2.24, 2.45) is 0 Å². The van der Waals surface area contributed by atoms with Crippen LogP contribution in [-0.4, -0.2) is 11.8 Å². The maximum atomic E-state index is 12.1. The number of para-hydroxylation sites is 2. The lowest BCUT2D eigenvalue weighted by Crippen LogP contribution is -2.30. The zero-order chi connectivity index (χ0) is 16.2. The fraction of sp³-hybridized carbons (Fsp3) is 0.222. The number of hydrogen-bond donors (Lipinski definition) is 2. The van der Waals surface area contributed by atoms with Crippen molar-refractivity contribution < 1.29 is 9.59 Å². The summed E-state index contributed by atoms with van der Waals surface area (Å²) in [5.74, 6) is -1.37. The van der Waals surface area contributed by atoms with E-state index in [0.717, 1.165) is 5.56 Å². The summed E-state index contributed by atoms with van der Waals surface area (Å²) in [7, 11) is 0. The second-order valence-electron chi connectivity index (χ2n) is 6.07. The van der Waals surface area contributed by atoms with Gasteiger partial charge in [-0.15, -0.1) is 0 Å². The predicted octanol–water partition coefficient (Wildman–Crippen LogP) is 3.56. The molecular formula is C18H20N2O2. The Morgan fingerprint density at radius 1 is 0.773 bits per heavy atom. The molecule has 2 amide bonds. The second kappa shape index (κ2) is 6.43. The van der Waals surface area contributed by atoms with Gasteiger partial charge in [-0.3, -0.25) is 9.59 Å². The zero-order valence-electron chi connectivity index (χ0n) is 13.0. The van der Waals surface area contributed by atoms with Crippen LogP contribution in [0, 0.1) is 0 Å². The lowest BCUT2D eigenvalue weighted by molar-refractivity contribution is -0.133. The Balaban J connectivity index is 2.11. The van der Waals surface area contributed by atoms with Crippen molar-refractivity contribution in [3.05, 3.63) is 60.2 Å². The summed E-state index contributed by atoms with van der Waals surface area (Å²) in [6.45, 7) is 6.17. The van der Waals surface area contributed by atoms with Crippen LogP contribution in [0.3, 0.4) is 0 Å². The van der Waals surface area contributed by atoms with E-state index in [1.807, 2.05) is 24.3 Å². The fourth-order valence-electron chi connectivity index (χ4n) is 2.13. The Kier molecular flexibility index (Phi) is 4.61. The quantitative estimate of drug-likeness (QED) is 0.832. The van der Waals surface area contributed by atoms with Crippen molar-refractivity contribution in [3.8, 4) is 0 Å².